The average molecular weight is 306 g/mol. The molecule has 0 N–H and O–H groups in total. The van der Waals surface area contributed by atoms with E-state index >= 15 is 0 Å². The van der Waals surface area contributed by atoms with Crippen LogP contribution < -0.4 is 0 Å². The molecule has 22 heavy (non-hydrogen) atoms. The second kappa shape index (κ2) is 6.42. The SMILES string of the molecule is CCN1CC2(CCN(Cc3ccco3)CC2)[C@@H](COC)C1=O. The van der Waals surface area contributed by atoms with Crippen molar-refractivity contribution in [1.82, 2.24) is 9.80 Å². The van der Waals surface area contributed by atoms with Crippen LogP contribution in [0.2, 0.25) is 0 Å². The van der Waals surface area contributed by atoms with Crippen molar-refractivity contribution >= 4 is 5.91 Å². The third-order valence-electron chi connectivity index (χ3n) is 5.38. The number of methoxy groups -OCH3 is 1. The summed E-state index contributed by atoms with van der Waals surface area (Å²) in [7, 11) is 1.70. The Labute approximate surface area is 132 Å². The summed E-state index contributed by atoms with van der Waals surface area (Å²) in [6, 6.07) is 3.96. The highest BCUT2D eigenvalue weighted by Crippen LogP contribution is 2.45. The van der Waals surface area contributed by atoms with Crippen LogP contribution in [-0.2, 0) is 16.1 Å². The molecule has 0 radical (unpaired) electrons. The number of rotatable bonds is 5. The van der Waals surface area contributed by atoms with Gasteiger partial charge < -0.3 is 14.1 Å². The molecule has 2 fully saturated rings. The van der Waals surface area contributed by atoms with Crippen molar-refractivity contribution in [3.63, 3.8) is 0 Å². The van der Waals surface area contributed by atoms with E-state index in [9.17, 15) is 4.79 Å². The van der Waals surface area contributed by atoms with Gasteiger partial charge in [-0.25, -0.2) is 0 Å². The van der Waals surface area contributed by atoms with Crippen LogP contribution in [0, 0.1) is 11.3 Å². The second-order valence-electron chi connectivity index (χ2n) is 6.58. The number of likely N-dealkylation sites (tertiary alicyclic amines) is 2. The van der Waals surface area contributed by atoms with Crippen molar-refractivity contribution in [1.29, 1.82) is 0 Å². The Kier molecular flexibility index (Phi) is 4.54. The van der Waals surface area contributed by atoms with Crippen LogP contribution in [0.15, 0.2) is 22.8 Å². The van der Waals surface area contributed by atoms with Gasteiger partial charge in [-0.2, -0.15) is 0 Å². The van der Waals surface area contributed by atoms with E-state index < -0.39 is 0 Å². The lowest BCUT2D eigenvalue weighted by Gasteiger charge is -2.41. The number of hydrogen-bond donors (Lipinski definition) is 0. The standard InChI is InChI=1S/C17H26N2O3/c1-3-19-13-17(15(12-21-2)16(19)20)6-8-18(9-7-17)11-14-5-4-10-22-14/h4-5,10,15H,3,6-9,11-13H2,1-2H3/t15-/m0/s1. The Bertz CT molecular complexity index is 492. The zero-order chi connectivity index (χ0) is 15.6. The summed E-state index contributed by atoms with van der Waals surface area (Å²) in [5.74, 6) is 1.33. The fourth-order valence-corrected chi connectivity index (χ4v) is 4.02. The largest absolute Gasteiger partial charge is 0.468 e. The fraction of sp³-hybridized carbons (Fsp3) is 0.706. The van der Waals surface area contributed by atoms with E-state index in [-0.39, 0.29) is 17.2 Å². The minimum Gasteiger partial charge on any atom is -0.468 e. The van der Waals surface area contributed by atoms with Crippen molar-refractivity contribution in [3.05, 3.63) is 24.2 Å². The maximum Gasteiger partial charge on any atom is 0.228 e. The van der Waals surface area contributed by atoms with Crippen molar-refractivity contribution in [2.45, 2.75) is 26.3 Å². The molecule has 3 rings (SSSR count). The van der Waals surface area contributed by atoms with E-state index in [1.165, 1.54) is 0 Å². The summed E-state index contributed by atoms with van der Waals surface area (Å²) in [5.41, 5.74) is 0.1000. The first-order valence-corrected chi connectivity index (χ1v) is 8.21. The van der Waals surface area contributed by atoms with Crippen LogP contribution in [0.3, 0.4) is 0 Å². The van der Waals surface area contributed by atoms with Crippen LogP contribution in [0.5, 0.6) is 0 Å². The quantitative estimate of drug-likeness (QED) is 0.834. The van der Waals surface area contributed by atoms with Gasteiger partial charge in [-0.1, -0.05) is 0 Å². The maximum absolute atomic E-state index is 12.6. The molecule has 0 aliphatic carbocycles. The maximum atomic E-state index is 12.6. The van der Waals surface area contributed by atoms with E-state index in [0.717, 1.165) is 51.3 Å². The number of amides is 1. The zero-order valence-corrected chi connectivity index (χ0v) is 13.6. The highest BCUT2D eigenvalue weighted by Gasteiger charge is 2.52. The summed E-state index contributed by atoms with van der Waals surface area (Å²) in [4.78, 5) is 17.0. The first-order valence-electron chi connectivity index (χ1n) is 8.21. The van der Waals surface area contributed by atoms with Gasteiger partial charge in [-0.3, -0.25) is 9.69 Å². The molecule has 5 nitrogen and oxygen atoms in total. The molecule has 1 aromatic heterocycles. The predicted octanol–water partition coefficient (Wildman–Crippen LogP) is 1.99. The smallest absolute Gasteiger partial charge is 0.228 e. The lowest BCUT2D eigenvalue weighted by atomic mass is 9.71. The van der Waals surface area contributed by atoms with Crippen molar-refractivity contribution in [3.8, 4) is 0 Å². The third-order valence-corrected chi connectivity index (χ3v) is 5.38. The molecule has 1 spiro atoms. The number of carbonyl (C=O) groups excluding carboxylic acids is 1. The summed E-state index contributed by atoms with van der Waals surface area (Å²) < 4.78 is 10.8. The van der Waals surface area contributed by atoms with Crippen molar-refractivity contribution in [2.75, 3.05) is 39.9 Å². The molecule has 0 bridgehead atoms. The number of nitrogens with zero attached hydrogens (tertiary/aromatic N) is 2. The molecule has 1 atom stereocenters. The molecule has 2 saturated heterocycles. The van der Waals surface area contributed by atoms with Gasteiger partial charge in [0.15, 0.2) is 0 Å². The van der Waals surface area contributed by atoms with Gasteiger partial charge in [0.2, 0.25) is 5.91 Å². The summed E-state index contributed by atoms with van der Waals surface area (Å²) in [6.07, 6.45) is 3.85. The summed E-state index contributed by atoms with van der Waals surface area (Å²) in [5, 5.41) is 0. The van der Waals surface area contributed by atoms with E-state index in [2.05, 4.69) is 11.8 Å². The molecule has 5 heteroatoms. The van der Waals surface area contributed by atoms with E-state index in [0.29, 0.717) is 6.61 Å². The van der Waals surface area contributed by atoms with E-state index in [1.807, 2.05) is 17.0 Å². The number of carbonyl (C=O) groups is 1. The van der Waals surface area contributed by atoms with Crippen LogP contribution in [0.4, 0.5) is 0 Å². The molecule has 1 amide bonds. The van der Waals surface area contributed by atoms with Crippen LogP contribution in [0.1, 0.15) is 25.5 Å². The Morgan fingerprint density at radius 1 is 1.41 bits per heavy atom. The first kappa shape index (κ1) is 15.6. The van der Waals surface area contributed by atoms with Gasteiger partial charge in [0, 0.05) is 25.6 Å². The average Bonchev–Trinajstić information content (AvgIpc) is 3.12. The highest BCUT2D eigenvalue weighted by molar-refractivity contribution is 5.82. The molecular weight excluding hydrogens is 280 g/mol. The zero-order valence-electron chi connectivity index (χ0n) is 13.6. The van der Waals surface area contributed by atoms with Crippen molar-refractivity contribution < 1.29 is 13.9 Å². The summed E-state index contributed by atoms with van der Waals surface area (Å²) in [6.45, 7) is 7.21. The third kappa shape index (κ3) is 2.79. The Balaban J connectivity index is 1.65. The minimum atomic E-state index is 0.0308. The Morgan fingerprint density at radius 2 is 2.18 bits per heavy atom. The van der Waals surface area contributed by atoms with E-state index in [1.54, 1.807) is 13.4 Å². The van der Waals surface area contributed by atoms with Crippen LogP contribution in [0.25, 0.3) is 0 Å². The number of ether oxygens (including phenoxy) is 1. The fourth-order valence-electron chi connectivity index (χ4n) is 4.02. The molecule has 0 unspecified atom stereocenters. The molecule has 0 aromatic carbocycles. The molecule has 122 valence electrons. The molecule has 3 heterocycles. The van der Waals surface area contributed by atoms with Gasteiger partial charge >= 0.3 is 0 Å². The van der Waals surface area contributed by atoms with Gasteiger partial charge in [-0.05, 0) is 45.0 Å². The normalized spacial score (nSPS) is 25.3. The monoisotopic (exact) mass is 306 g/mol. The second-order valence-corrected chi connectivity index (χ2v) is 6.58. The Morgan fingerprint density at radius 3 is 2.77 bits per heavy atom. The topological polar surface area (TPSA) is 45.9 Å². The number of furan rings is 1. The molecule has 1 aromatic rings. The molecule has 0 saturated carbocycles. The predicted molar refractivity (Wildman–Crippen MR) is 83.3 cm³/mol. The first-order chi connectivity index (χ1) is 10.7. The number of piperidine rings is 1. The van der Waals surface area contributed by atoms with Gasteiger partial charge in [-0.15, -0.1) is 0 Å². The molecule has 2 aliphatic heterocycles. The molecule has 2 aliphatic rings. The number of hydrogen-bond acceptors (Lipinski definition) is 4. The lowest BCUT2D eigenvalue weighted by Crippen LogP contribution is -2.45. The van der Waals surface area contributed by atoms with Gasteiger partial charge in [0.05, 0.1) is 25.3 Å². The summed E-state index contributed by atoms with van der Waals surface area (Å²) >= 11 is 0. The molecular formula is C17H26N2O3. The van der Waals surface area contributed by atoms with Crippen molar-refractivity contribution in [2.24, 2.45) is 11.3 Å². The van der Waals surface area contributed by atoms with Crippen LogP contribution >= 0.6 is 0 Å². The highest BCUT2D eigenvalue weighted by atomic mass is 16.5. The van der Waals surface area contributed by atoms with Gasteiger partial charge in [0.1, 0.15) is 5.76 Å². The Hall–Kier alpha value is -1.33. The van der Waals surface area contributed by atoms with E-state index in [4.69, 9.17) is 9.15 Å². The van der Waals surface area contributed by atoms with Gasteiger partial charge in [0.25, 0.3) is 0 Å². The lowest BCUT2D eigenvalue weighted by molar-refractivity contribution is -0.133. The van der Waals surface area contributed by atoms with Crippen LogP contribution in [-0.4, -0.2) is 55.6 Å². The minimum absolute atomic E-state index is 0.0308.